The first-order valence-corrected chi connectivity index (χ1v) is 7.37. The number of thiophene rings is 1. The Kier molecular flexibility index (Phi) is 5.50. The van der Waals surface area contributed by atoms with Gasteiger partial charge in [0.2, 0.25) is 0 Å². The summed E-state index contributed by atoms with van der Waals surface area (Å²) in [6, 6.07) is 7.95. The first-order valence-electron chi connectivity index (χ1n) is 6.50. The molecule has 0 saturated heterocycles. The van der Waals surface area contributed by atoms with E-state index in [1.54, 1.807) is 11.3 Å². The molecule has 1 aromatic heterocycles. The highest BCUT2D eigenvalue weighted by atomic mass is 32.1. The summed E-state index contributed by atoms with van der Waals surface area (Å²) in [6.45, 7) is 0.691. The van der Waals surface area contributed by atoms with E-state index in [4.69, 9.17) is 5.73 Å². The van der Waals surface area contributed by atoms with E-state index < -0.39 is 5.82 Å². The highest BCUT2D eigenvalue weighted by molar-refractivity contribution is 7.09. The number of hydrogen-bond donors (Lipinski definition) is 2. The van der Waals surface area contributed by atoms with E-state index in [0.717, 1.165) is 6.42 Å². The third-order valence-corrected chi connectivity index (χ3v) is 3.72. The van der Waals surface area contributed by atoms with Gasteiger partial charge in [0.1, 0.15) is 5.82 Å². The molecule has 0 saturated carbocycles. The van der Waals surface area contributed by atoms with Gasteiger partial charge in [-0.15, -0.1) is 11.3 Å². The van der Waals surface area contributed by atoms with Crippen LogP contribution in [0.4, 0.5) is 4.39 Å². The fourth-order valence-corrected chi connectivity index (χ4v) is 2.52. The summed E-state index contributed by atoms with van der Waals surface area (Å²) >= 11 is 1.64. The second-order valence-corrected chi connectivity index (χ2v) is 5.31. The Labute approximate surface area is 127 Å². The molecule has 3 N–H and O–H groups in total. The van der Waals surface area contributed by atoms with E-state index in [-0.39, 0.29) is 18.0 Å². The lowest BCUT2D eigenvalue weighted by Crippen LogP contribution is -2.26. The minimum atomic E-state index is -0.461. The summed E-state index contributed by atoms with van der Waals surface area (Å²) in [5.74, 6) is 4.67. The van der Waals surface area contributed by atoms with Crippen molar-refractivity contribution in [3.63, 3.8) is 0 Å². The zero-order valence-corrected chi connectivity index (χ0v) is 12.2. The van der Waals surface area contributed by atoms with E-state index in [2.05, 4.69) is 17.2 Å². The van der Waals surface area contributed by atoms with Gasteiger partial charge < -0.3 is 11.1 Å². The average molecular weight is 302 g/mol. The quantitative estimate of drug-likeness (QED) is 0.851. The fourth-order valence-electron chi connectivity index (χ4n) is 1.81. The molecule has 1 aromatic carbocycles. The minimum Gasteiger partial charge on any atom is -0.352 e. The van der Waals surface area contributed by atoms with Crippen molar-refractivity contribution in [1.29, 1.82) is 0 Å². The first-order chi connectivity index (χ1) is 10.2. The average Bonchev–Trinajstić information content (AvgIpc) is 2.99. The Morgan fingerprint density at radius 2 is 2.24 bits per heavy atom. The lowest BCUT2D eigenvalue weighted by molar-refractivity contribution is 0.0953. The van der Waals surface area contributed by atoms with Crippen molar-refractivity contribution in [2.45, 2.75) is 6.42 Å². The molecule has 0 unspecified atom stereocenters. The molecule has 0 aliphatic heterocycles. The Morgan fingerprint density at radius 1 is 1.38 bits per heavy atom. The maximum Gasteiger partial charge on any atom is 0.252 e. The molecule has 5 heteroatoms. The number of hydrogen-bond acceptors (Lipinski definition) is 3. The van der Waals surface area contributed by atoms with Crippen molar-refractivity contribution >= 4 is 17.2 Å². The molecule has 108 valence electrons. The van der Waals surface area contributed by atoms with Gasteiger partial charge >= 0.3 is 0 Å². The first kappa shape index (κ1) is 15.2. The van der Waals surface area contributed by atoms with Gasteiger partial charge in [-0.25, -0.2) is 4.39 Å². The van der Waals surface area contributed by atoms with E-state index in [1.165, 1.54) is 23.1 Å². The summed E-state index contributed by atoms with van der Waals surface area (Å²) in [7, 11) is 0. The van der Waals surface area contributed by atoms with E-state index in [9.17, 15) is 9.18 Å². The molecule has 1 heterocycles. The van der Waals surface area contributed by atoms with Crippen molar-refractivity contribution < 1.29 is 9.18 Å². The molecule has 2 aromatic rings. The van der Waals surface area contributed by atoms with Crippen molar-refractivity contribution in [3.8, 4) is 11.8 Å². The smallest absolute Gasteiger partial charge is 0.252 e. The van der Waals surface area contributed by atoms with Crippen LogP contribution in [-0.4, -0.2) is 19.0 Å². The summed E-state index contributed by atoms with van der Waals surface area (Å²) in [5.41, 5.74) is 6.04. The topological polar surface area (TPSA) is 55.1 Å². The largest absolute Gasteiger partial charge is 0.352 e. The number of carbonyl (C=O) groups is 1. The Hall–Kier alpha value is -2.16. The van der Waals surface area contributed by atoms with Gasteiger partial charge in [-0.05, 0) is 36.1 Å². The normalized spacial score (nSPS) is 9.81. The lowest BCUT2D eigenvalue weighted by Gasteiger charge is -2.06. The lowest BCUT2D eigenvalue weighted by atomic mass is 10.1. The molecule has 0 bridgehead atoms. The zero-order valence-electron chi connectivity index (χ0n) is 11.4. The standard InChI is InChI=1S/C16H15FN2OS/c17-13-6-5-12(3-1-8-18)15(11-13)16(20)19-9-7-14-4-2-10-21-14/h2,4-6,10-11H,7-9,18H2,(H,19,20). The SMILES string of the molecule is NCC#Cc1ccc(F)cc1C(=O)NCCc1cccs1. The zero-order chi connectivity index (χ0) is 15.1. The second-order valence-electron chi connectivity index (χ2n) is 4.28. The Morgan fingerprint density at radius 3 is 2.95 bits per heavy atom. The van der Waals surface area contributed by atoms with Crippen LogP contribution in [0.5, 0.6) is 0 Å². The molecular weight excluding hydrogens is 287 g/mol. The number of rotatable bonds is 4. The van der Waals surface area contributed by atoms with Crippen LogP contribution in [0.15, 0.2) is 35.7 Å². The van der Waals surface area contributed by atoms with Crippen LogP contribution in [0.25, 0.3) is 0 Å². The molecule has 0 aliphatic rings. The van der Waals surface area contributed by atoms with Crippen molar-refractivity contribution in [1.82, 2.24) is 5.32 Å². The van der Waals surface area contributed by atoms with E-state index in [0.29, 0.717) is 12.1 Å². The van der Waals surface area contributed by atoms with Crippen molar-refractivity contribution in [2.24, 2.45) is 5.73 Å². The monoisotopic (exact) mass is 302 g/mol. The maximum absolute atomic E-state index is 13.3. The van der Waals surface area contributed by atoms with Crippen LogP contribution in [0.3, 0.4) is 0 Å². The molecule has 0 aliphatic carbocycles. The number of benzene rings is 1. The highest BCUT2D eigenvalue weighted by Gasteiger charge is 2.11. The number of amides is 1. The van der Waals surface area contributed by atoms with Gasteiger partial charge in [-0.2, -0.15) is 0 Å². The van der Waals surface area contributed by atoms with Crippen LogP contribution in [0.1, 0.15) is 20.8 Å². The van der Waals surface area contributed by atoms with Gasteiger partial charge in [0.05, 0.1) is 12.1 Å². The summed E-state index contributed by atoms with van der Waals surface area (Å²) in [5, 5.41) is 4.77. The van der Waals surface area contributed by atoms with Crippen LogP contribution in [0.2, 0.25) is 0 Å². The maximum atomic E-state index is 13.3. The van der Waals surface area contributed by atoms with Gasteiger partial charge in [0.25, 0.3) is 5.91 Å². The van der Waals surface area contributed by atoms with Crippen LogP contribution in [0, 0.1) is 17.7 Å². The van der Waals surface area contributed by atoms with Gasteiger partial charge in [0, 0.05) is 17.0 Å². The van der Waals surface area contributed by atoms with Crippen LogP contribution >= 0.6 is 11.3 Å². The molecule has 0 fully saturated rings. The predicted molar refractivity (Wildman–Crippen MR) is 82.7 cm³/mol. The molecule has 1 amide bonds. The van der Waals surface area contributed by atoms with Gasteiger partial charge in [0.15, 0.2) is 0 Å². The predicted octanol–water partition coefficient (Wildman–Crippen LogP) is 2.17. The summed E-state index contributed by atoms with van der Waals surface area (Å²) in [6.07, 6.45) is 0.753. The molecule has 21 heavy (non-hydrogen) atoms. The Balaban J connectivity index is 2.05. The molecule has 3 nitrogen and oxygen atoms in total. The van der Waals surface area contributed by atoms with Crippen LogP contribution < -0.4 is 11.1 Å². The van der Waals surface area contributed by atoms with E-state index >= 15 is 0 Å². The van der Waals surface area contributed by atoms with Crippen LogP contribution in [-0.2, 0) is 6.42 Å². The summed E-state index contributed by atoms with van der Waals surface area (Å²) in [4.78, 5) is 13.3. The number of carbonyl (C=O) groups excluding carboxylic acids is 1. The summed E-state index contributed by atoms with van der Waals surface area (Å²) < 4.78 is 13.3. The molecule has 0 radical (unpaired) electrons. The Bertz CT molecular complexity index is 671. The molecule has 0 spiro atoms. The minimum absolute atomic E-state index is 0.191. The third kappa shape index (κ3) is 4.42. The molecule has 0 atom stereocenters. The second kappa shape index (κ2) is 7.58. The highest BCUT2D eigenvalue weighted by Crippen LogP contribution is 2.11. The van der Waals surface area contributed by atoms with Gasteiger partial charge in [-0.1, -0.05) is 17.9 Å². The molecule has 2 rings (SSSR count). The van der Waals surface area contributed by atoms with Gasteiger partial charge in [-0.3, -0.25) is 4.79 Å². The van der Waals surface area contributed by atoms with E-state index in [1.807, 2.05) is 17.5 Å². The van der Waals surface area contributed by atoms with Crippen molar-refractivity contribution in [2.75, 3.05) is 13.1 Å². The fraction of sp³-hybridized carbons (Fsp3) is 0.188. The number of nitrogens with one attached hydrogen (secondary N) is 1. The van der Waals surface area contributed by atoms with Crippen molar-refractivity contribution in [3.05, 3.63) is 57.5 Å². The molecular formula is C16H15FN2OS. The third-order valence-electron chi connectivity index (χ3n) is 2.79. The number of nitrogens with two attached hydrogens (primary N) is 1. The number of halogens is 1.